The van der Waals surface area contributed by atoms with E-state index in [1.54, 1.807) is 24.4 Å². The average molecular weight is 613 g/mol. The maximum atomic E-state index is 14.6. The van der Waals surface area contributed by atoms with Gasteiger partial charge in [0.2, 0.25) is 0 Å². The molecule has 0 unspecified atom stereocenters. The van der Waals surface area contributed by atoms with E-state index in [4.69, 9.17) is 0 Å². The first kappa shape index (κ1) is 29.1. The van der Waals surface area contributed by atoms with E-state index in [9.17, 15) is 27.9 Å². The van der Waals surface area contributed by atoms with Gasteiger partial charge in [-0.05, 0) is 48.7 Å². The number of aromatic carboxylic acids is 1. The van der Waals surface area contributed by atoms with Gasteiger partial charge in [-0.3, -0.25) is 19.6 Å². The first-order valence-corrected chi connectivity index (χ1v) is 15.7. The summed E-state index contributed by atoms with van der Waals surface area (Å²) in [5, 5.41) is 9.77. The second kappa shape index (κ2) is 11.2. The molecule has 2 aromatic heterocycles. The SMILES string of the molecule is CS(=O)(=O)c1cccnc1CN1CCC2(CC1)C(=O)N(c1cc(C(=O)O)ccc1-c1ccccc1)C(=O)N2c1ccncn1. The van der Waals surface area contributed by atoms with Crippen LogP contribution in [0.1, 0.15) is 28.9 Å². The molecule has 13 heteroatoms. The zero-order chi connectivity index (χ0) is 31.1. The lowest BCUT2D eigenvalue weighted by Crippen LogP contribution is -2.57. The smallest absolute Gasteiger partial charge is 0.338 e. The van der Waals surface area contributed by atoms with Crippen molar-refractivity contribution in [2.75, 3.05) is 29.1 Å². The third-order valence-corrected chi connectivity index (χ3v) is 9.25. The number of imide groups is 1. The number of hydrogen-bond donors (Lipinski definition) is 1. The number of carbonyl (C=O) groups is 3. The topological polar surface area (TPSA) is 154 Å². The highest BCUT2D eigenvalue weighted by molar-refractivity contribution is 7.90. The van der Waals surface area contributed by atoms with Gasteiger partial charge < -0.3 is 5.11 Å². The van der Waals surface area contributed by atoms with Crippen LogP contribution in [0.5, 0.6) is 0 Å². The van der Waals surface area contributed by atoms with Crippen molar-refractivity contribution in [3.63, 3.8) is 0 Å². The molecule has 44 heavy (non-hydrogen) atoms. The van der Waals surface area contributed by atoms with E-state index in [-0.39, 0.29) is 41.4 Å². The van der Waals surface area contributed by atoms with Gasteiger partial charge in [-0.15, -0.1) is 0 Å². The Balaban J connectivity index is 1.40. The van der Waals surface area contributed by atoms with Crippen LogP contribution in [0.4, 0.5) is 16.3 Å². The van der Waals surface area contributed by atoms with Crippen LogP contribution in [0, 0.1) is 0 Å². The summed E-state index contributed by atoms with van der Waals surface area (Å²) >= 11 is 0. The van der Waals surface area contributed by atoms with Crippen molar-refractivity contribution >= 4 is 39.3 Å². The number of urea groups is 1. The monoisotopic (exact) mass is 612 g/mol. The number of anilines is 2. The minimum absolute atomic E-state index is 0.0679. The minimum atomic E-state index is -3.50. The van der Waals surface area contributed by atoms with Crippen molar-refractivity contribution in [1.82, 2.24) is 19.9 Å². The van der Waals surface area contributed by atoms with Crippen molar-refractivity contribution in [1.29, 1.82) is 0 Å². The van der Waals surface area contributed by atoms with Crippen LogP contribution in [0.25, 0.3) is 11.1 Å². The quantitative estimate of drug-likeness (QED) is 0.306. The molecule has 1 spiro atoms. The maximum Gasteiger partial charge on any atom is 0.338 e. The van der Waals surface area contributed by atoms with Gasteiger partial charge in [-0.1, -0.05) is 36.4 Å². The zero-order valence-corrected chi connectivity index (χ0v) is 24.5. The molecule has 1 N–H and O–H groups in total. The number of piperidine rings is 1. The Morgan fingerprint density at radius 3 is 2.36 bits per heavy atom. The molecular formula is C31H28N6O6S. The first-order chi connectivity index (χ1) is 21.1. The van der Waals surface area contributed by atoms with Crippen molar-refractivity contribution in [2.24, 2.45) is 0 Å². The summed E-state index contributed by atoms with van der Waals surface area (Å²) in [6.45, 7) is 0.960. The molecule has 4 heterocycles. The number of nitrogens with zero attached hydrogens (tertiary/aromatic N) is 6. The van der Waals surface area contributed by atoms with Crippen LogP contribution in [0.15, 0.2) is 90.3 Å². The van der Waals surface area contributed by atoms with E-state index in [0.29, 0.717) is 29.9 Å². The molecule has 2 aliphatic rings. The number of pyridine rings is 1. The van der Waals surface area contributed by atoms with Crippen LogP contribution in [0.2, 0.25) is 0 Å². The van der Waals surface area contributed by atoms with Gasteiger partial charge in [-0.25, -0.2) is 32.9 Å². The summed E-state index contributed by atoms with van der Waals surface area (Å²) in [6.07, 6.45) is 5.90. The molecule has 2 saturated heterocycles. The number of benzene rings is 2. The van der Waals surface area contributed by atoms with Crippen LogP contribution in [0.3, 0.4) is 0 Å². The average Bonchev–Trinajstić information content (AvgIpc) is 3.23. The van der Waals surface area contributed by atoms with E-state index in [1.165, 1.54) is 35.6 Å². The van der Waals surface area contributed by atoms with E-state index >= 15 is 0 Å². The molecule has 12 nitrogen and oxygen atoms in total. The molecule has 0 aliphatic carbocycles. The van der Waals surface area contributed by atoms with Crippen molar-refractivity contribution < 1.29 is 27.9 Å². The molecule has 224 valence electrons. The highest BCUT2D eigenvalue weighted by Gasteiger charge is 2.60. The van der Waals surface area contributed by atoms with Gasteiger partial charge in [-0.2, -0.15) is 0 Å². The normalized spacial score (nSPS) is 16.9. The number of hydrogen-bond acceptors (Lipinski definition) is 9. The van der Waals surface area contributed by atoms with E-state index in [1.807, 2.05) is 35.2 Å². The lowest BCUT2D eigenvalue weighted by molar-refractivity contribution is -0.123. The van der Waals surface area contributed by atoms with Crippen LogP contribution >= 0.6 is 0 Å². The fourth-order valence-corrected chi connectivity index (χ4v) is 6.81. The van der Waals surface area contributed by atoms with Gasteiger partial charge in [0, 0.05) is 43.8 Å². The van der Waals surface area contributed by atoms with E-state index < -0.39 is 33.3 Å². The fourth-order valence-electron chi connectivity index (χ4n) is 5.94. The van der Waals surface area contributed by atoms with Gasteiger partial charge in [0.1, 0.15) is 17.7 Å². The second-order valence-corrected chi connectivity index (χ2v) is 12.7. The fraction of sp³-hybridized carbons (Fsp3) is 0.226. The Kier molecular flexibility index (Phi) is 7.43. The number of carboxylic acid groups (broad SMARTS) is 1. The van der Waals surface area contributed by atoms with Gasteiger partial charge in [0.15, 0.2) is 9.84 Å². The molecule has 0 atom stereocenters. The van der Waals surface area contributed by atoms with E-state index in [0.717, 1.165) is 11.2 Å². The molecule has 0 radical (unpaired) electrons. The molecule has 0 saturated carbocycles. The van der Waals surface area contributed by atoms with Crippen molar-refractivity contribution in [2.45, 2.75) is 29.8 Å². The number of amides is 3. The Hall–Kier alpha value is -5.01. The summed E-state index contributed by atoms with van der Waals surface area (Å²) < 4.78 is 24.7. The lowest BCUT2D eigenvalue weighted by Gasteiger charge is -2.41. The predicted octanol–water partition coefficient (Wildman–Crippen LogP) is 3.65. The predicted molar refractivity (Wildman–Crippen MR) is 161 cm³/mol. The summed E-state index contributed by atoms with van der Waals surface area (Å²) in [4.78, 5) is 58.0. The summed E-state index contributed by atoms with van der Waals surface area (Å²) in [5.74, 6) is -1.44. The van der Waals surface area contributed by atoms with Gasteiger partial charge >= 0.3 is 12.0 Å². The molecule has 2 aromatic carbocycles. The minimum Gasteiger partial charge on any atom is -0.478 e. The largest absolute Gasteiger partial charge is 0.478 e. The molecule has 3 amide bonds. The Bertz CT molecular complexity index is 1860. The summed E-state index contributed by atoms with van der Waals surface area (Å²) in [6, 6.07) is 17.5. The van der Waals surface area contributed by atoms with Crippen molar-refractivity contribution in [3.05, 3.63) is 96.7 Å². The number of rotatable bonds is 7. The number of carbonyl (C=O) groups excluding carboxylic acids is 2. The standard InChI is InChI=1S/C31H28N6O6S/c1-44(42,43)26-8-5-14-33-24(26)19-35-16-12-31(13-17-35)29(40)36(30(41)37(31)27-11-15-32-20-34-27)25-18-22(28(38)39)9-10-23(25)21-6-3-2-4-7-21/h2-11,14-15,18,20H,12-13,16-17,19H2,1H3,(H,38,39). The first-order valence-electron chi connectivity index (χ1n) is 13.8. The van der Waals surface area contributed by atoms with Crippen LogP contribution in [-0.4, -0.2) is 76.2 Å². The second-order valence-electron chi connectivity index (χ2n) is 10.8. The Morgan fingerprint density at radius 2 is 1.70 bits per heavy atom. The molecule has 2 fully saturated rings. The molecule has 0 bridgehead atoms. The number of likely N-dealkylation sites (tertiary alicyclic amines) is 1. The number of aromatic nitrogens is 3. The highest BCUT2D eigenvalue weighted by Crippen LogP contribution is 2.44. The van der Waals surface area contributed by atoms with Crippen LogP contribution < -0.4 is 9.80 Å². The molecule has 2 aliphatic heterocycles. The third kappa shape index (κ3) is 5.09. The van der Waals surface area contributed by atoms with Gasteiger partial charge in [0.25, 0.3) is 5.91 Å². The summed E-state index contributed by atoms with van der Waals surface area (Å²) in [5.41, 5.74) is 0.419. The zero-order valence-electron chi connectivity index (χ0n) is 23.7. The lowest BCUT2D eigenvalue weighted by atomic mass is 9.85. The number of carboxylic acids is 1. The third-order valence-electron chi connectivity index (χ3n) is 8.08. The van der Waals surface area contributed by atoms with E-state index in [2.05, 4.69) is 15.0 Å². The van der Waals surface area contributed by atoms with Gasteiger partial charge in [0.05, 0.1) is 21.8 Å². The van der Waals surface area contributed by atoms with Crippen LogP contribution in [-0.2, 0) is 21.2 Å². The molecular weight excluding hydrogens is 584 g/mol. The highest BCUT2D eigenvalue weighted by atomic mass is 32.2. The summed E-state index contributed by atoms with van der Waals surface area (Å²) in [7, 11) is -3.50. The Labute approximate surface area is 253 Å². The maximum absolute atomic E-state index is 14.6. The molecule has 4 aromatic rings. The Morgan fingerprint density at radius 1 is 0.955 bits per heavy atom. The molecule has 6 rings (SSSR count). The van der Waals surface area contributed by atoms with Crippen molar-refractivity contribution in [3.8, 4) is 11.1 Å². The number of sulfone groups is 1.